The van der Waals surface area contributed by atoms with E-state index in [0.717, 1.165) is 6.54 Å². The Morgan fingerprint density at radius 1 is 1.29 bits per heavy atom. The third-order valence-electron chi connectivity index (χ3n) is 4.63. The summed E-state index contributed by atoms with van der Waals surface area (Å²) < 4.78 is 10.8. The maximum Gasteiger partial charge on any atom is 0.282 e. The van der Waals surface area contributed by atoms with Crippen molar-refractivity contribution in [3.63, 3.8) is 0 Å². The lowest BCUT2D eigenvalue weighted by Crippen LogP contribution is -2.57. The highest BCUT2D eigenvalue weighted by atomic mass is 32.1. The number of amides is 1. The Balaban J connectivity index is 1.38. The third-order valence-corrected chi connectivity index (χ3v) is 6.43. The van der Waals surface area contributed by atoms with Gasteiger partial charge in [-0.15, -0.1) is 0 Å². The largest absolute Gasteiger partial charge is 0.486 e. The first-order valence-electron chi connectivity index (χ1n) is 8.02. The van der Waals surface area contributed by atoms with Gasteiger partial charge in [0.1, 0.15) is 0 Å². The van der Waals surface area contributed by atoms with Gasteiger partial charge in [0.25, 0.3) is 11.1 Å². The molecule has 3 aliphatic heterocycles. The molecule has 5 rings (SSSR count). The van der Waals surface area contributed by atoms with Crippen molar-refractivity contribution in [2.45, 2.75) is 18.9 Å². The maximum atomic E-state index is 12.5. The van der Waals surface area contributed by atoms with Gasteiger partial charge in [0, 0.05) is 12.6 Å². The van der Waals surface area contributed by atoms with Crippen molar-refractivity contribution >= 4 is 28.6 Å². The number of piperidine rings is 3. The molecule has 24 heavy (non-hydrogen) atoms. The number of carbonyl (C=O) groups is 1. The fourth-order valence-corrected chi connectivity index (χ4v) is 4.75. The number of aromatic nitrogens is 1. The van der Waals surface area contributed by atoms with E-state index in [1.54, 1.807) is 13.3 Å². The number of hydrogen-bond donors (Lipinski definition) is 1. The Hall–Kier alpha value is -1.64. The topological polar surface area (TPSA) is 63.7 Å². The second-order valence-electron chi connectivity index (χ2n) is 6.09. The quantitative estimate of drug-likeness (QED) is 0.883. The summed E-state index contributed by atoms with van der Waals surface area (Å²) in [6.45, 7) is 3.32. The Morgan fingerprint density at radius 3 is 2.79 bits per heavy atom. The summed E-state index contributed by atoms with van der Waals surface area (Å²) in [4.78, 5) is 19.7. The van der Waals surface area contributed by atoms with E-state index in [1.807, 2.05) is 12.1 Å². The molecule has 1 atom stereocenters. The van der Waals surface area contributed by atoms with E-state index in [4.69, 9.17) is 9.47 Å². The van der Waals surface area contributed by atoms with Crippen molar-refractivity contribution in [2.24, 2.45) is 5.92 Å². The number of ether oxygens (including phenoxy) is 2. The first kappa shape index (κ1) is 15.9. The molecule has 1 N–H and O–H groups in total. The molecule has 0 saturated carbocycles. The van der Waals surface area contributed by atoms with Gasteiger partial charge in [-0.2, -0.15) is 0 Å². The lowest BCUT2D eigenvalue weighted by Gasteiger charge is -2.44. The van der Waals surface area contributed by atoms with Crippen molar-refractivity contribution in [1.29, 1.82) is 0 Å². The Bertz CT molecular complexity index is 722. The fourth-order valence-electron chi connectivity index (χ4n) is 3.34. The number of methoxy groups -OCH3 is 1. The average molecular weight is 365 g/mol. The normalized spacial score (nSPS) is 25.5. The zero-order valence-electron chi connectivity index (χ0n) is 13.4. The monoisotopic (exact) mass is 365 g/mol. The molecule has 5 heterocycles. The number of fused-ring (bicyclic) bond motifs is 3. The van der Waals surface area contributed by atoms with E-state index in [9.17, 15) is 4.79 Å². The van der Waals surface area contributed by atoms with E-state index < -0.39 is 0 Å². The van der Waals surface area contributed by atoms with Gasteiger partial charge >= 0.3 is 0 Å². The SMILES string of the molecule is COc1cnc(Oc2ccc(C(=O)N[C@H]3CN4CCC3CC4)s2)s1. The van der Waals surface area contributed by atoms with Crippen LogP contribution in [0.5, 0.6) is 15.3 Å². The van der Waals surface area contributed by atoms with Crippen LogP contribution >= 0.6 is 22.7 Å². The lowest BCUT2D eigenvalue weighted by atomic mass is 9.84. The summed E-state index contributed by atoms with van der Waals surface area (Å²) in [5, 5.41) is 5.06. The first-order valence-corrected chi connectivity index (χ1v) is 9.65. The van der Waals surface area contributed by atoms with Crippen LogP contribution in [0.15, 0.2) is 18.3 Å². The van der Waals surface area contributed by atoms with E-state index in [0.29, 0.717) is 26.1 Å². The van der Waals surface area contributed by atoms with Gasteiger partial charge in [0.15, 0.2) is 10.1 Å². The zero-order chi connectivity index (χ0) is 16.5. The highest BCUT2D eigenvalue weighted by Gasteiger charge is 2.35. The number of carbonyl (C=O) groups excluding carboxylic acids is 1. The van der Waals surface area contributed by atoms with Crippen LogP contribution in [0.4, 0.5) is 0 Å². The van der Waals surface area contributed by atoms with Crippen molar-refractivity contribution < 1.29 is 14.3 Å². The van der Waals surface area contributed by atoms with Gasteiger partial charge in [-0.3, -0.25) is 4.79 Å². The second-order valence-corrected chi connectivity index (χ2v) is 8.09. The molecule has 3 saturated heterocycles. The van der Waals surface area contributed by atoms with Crippen LogP contribution in [0.25, 0.3) is 0 Å². The Kier molecular flexibility index (Phi) is 4.43. The summed E-state index contributed by atoms with van der Waals surface area (Å²) in [5.74, 6) is 0.614. The molecule has 2 aromatic rings. The zero-order valence-corrected chi connectivity index (χ0v) is 15.0. The van der Waals surface area contributed by atoms with Gasteiger partial charge in [-0.25, -0.2) is 4.98 Å². The molecule has 128 valence electrons. The van der Waals surface area contributed by atoms with Gasteiger partial charge in [0.05, 0.1) is 18.2 Å². The molecule has 2 bridgehead atoms. The number of thiophene rings is 1. The van der Waals surface area contributed by atoms with Crippen LogP contribution in [0.1, 0.15) is 22.5 Å². The van der Waals surface area contributed by atoms with Crippen molar-refractivity contribution in [1.82, 2.24) is 15.2 Å². The molecule has 0 aliphatic carbocycles. The molecule has 3 fully saturated rings. The van der Waals surface area contributed by atoms with Crippen LogP contribution in [-0.2, 0) is 0 Å². The minimum absolute atomic E-state index is 0.00896. The van der Waals surface area contributed by atoms with Crippen LogP contribution in [0.3, 0.4) is 0 Å². The number of nitrogens with zero attached hydrogens (tertiary/aromatic N) is 2. The lowest BCUT2D eigenvalue weighted by molar-refractivity contribution is 0.0622. The minimum Gasteiger partial charge on any atom is -0.486 e. The maximum absolute atomic E-state index is 12.5. The molecule has 8 heteroatoms. The highest BCUT2D eigenvalue weighted by molar-refractivity contribution is 7.16. The van der Waals surface area contributed by atoms with Crippen LogP contribution in [-0.4, -0.2) is 48.6 Å². The number of thiazole rings is 1. The molecule has 2 aromatic heterocycles. The van der Waals surface area contributed by atoms with Crippen molar-refractivity contribution in [3.05, 3.63) is 23.2 Å². The number of rotatable bonds is 5. The fraction of sp³-hybridized carbons (Fsp3) is 0.500. The predicted octanol–water partition coefficient (Wildman–Crippen LogP) is 2.83. The van der Waals surface area contributed by atoms with Gasteiger partial charge in [0.2, 0.25) is 0 Å². The van der Waals surface area contributed by atoms with Crippen LogP contribution in [0.2, 0.25) is 0 Å². The first-order chi connectivity index (χ1) is 11.7. The molecular weight excluding hydrogens is 346 g/mol. The molecule has 0 radical (unpaired) electrons. The van der Waals surface area contributed by atoms with E-state index in [-0.39, 0.29) is 11.9 Å². The van der Waals surface area contributed by atoms with Crippen molar-refractivity contribution in [2.75, 3.05) is 26.7 Å². The molecule has 0 spiro atoms. The van der Waals surface area contributed by atoms with E-state index >= 15 is 0 Å². The molecule has 0 unspecified atom stereocenters. The summed E-state index contributed by atoms with van der Waals surface area (Å²) >= 11 is 2.67. The van der Waals surface area contributed by atoms with E-state index in [2.05, 4.69) is 15.2 Å². The number of nitrogens with one attached hydrogen (secondary N) is 1. The van der Waals surface area contributed by atoms with Gasteiger partial charge < -0.3 is 19.7 Å². The van der Waals surface area contributed by atoms with Gasteiger partial charge in [-0.05, 0) is 55.3 Å². The minimum atomic E-state index is -0.00896. The van der Waals surface area contributed by atoms with Crippen molar-refractivity contribution in [3.8, 4) is 15.3 Å². The standard InChI is InChI=1S/C16H19N3O3S2/c1-21-14-8-17-16(24-14)22-13-3-2-12(23-13)15(20)18-11-9-19-6-4-10(11)5-7-19/h2-3,8,10-11H,4-7,9H2,1H3,(H,18,20)/t11-/m0/s1. The Morgan fingerprint density at radius 2 is 2.12 bits per heavy atom. The van der Waals surface area contributed by atoms with E-state index in [1.165, 1.54) is 48.6 Å². The van der Waals surface area contributed by atoms with Crippen LogP contribution in [0, 0.1) is 5.92 Å². The molecule has 3 aliphatic rings. The highest BCUT2D eigenvalue weighted by Crippen LogP contribution is 2.35. The molecule has 1 amide bonds. The predicted molar refractivity (Wildman–Crippen MR) is 93.5 cm³/mol. The second kappa shape index (κ2) is 6.70. The number of hydrogen-bond acceptors (Lipinski definition) is 7. The summed E-state index contributed by atoms with van der Waals surface area (Å²) in [7, 11) is 1.60. The average Bonchev–Trinajstić information content (AvgIpc) is 3.26. The smallest absolute Gasteiger partial charge is 0.282 e. The summed E-state index contributed by atoms with van der Waals surface area (Å²) in [6.07, 6.45) is 4.00. The molecule has 0 aromatic carbocycles. The summed E-state index contributed by atoms with van der Waals surface area (Å²) in [5.41, 5.74) is 0. The molecular formula is C16H19N3O3S2. The Labute approximate surface area is 148 Å². The molecule has 6 nitrogen and oxygen atoms in total. The van der Waals surface area contributed by atoms with Gasteiger partial charge in [-0.1, -0.05) is 11.3 Å². The third kappa shape index (κ3) is 3.26. The van der Waals surface area contributed by atoms with Crippen LogP contribution < -0.4 is 14.8 Å². The summed E-state index contributed by atoms with van der Waals surface area (Å²) in [6, 6.07) is 3.89.